The van der Waals surface area contributed by atoms with Crippen LogP contribution >= 0.6 is 0 Å². The summed E-state index contributed by atoms with van der Waals surface area (Å²) in [6.07, 6.45) is -0.485. The van der Waals surface area contributed by atoms with Gasteiger partial charge in [0, 0.05) is 20.6 Å². The van der Waals surface area contributed by atoms with Gasteiger partial charge in [0.15, 0.2) is 0 Å². The Balaban J connectivity index is 1.92. The van der Waals surface area contributed by atoms with Crippen LogP contribution in [0.15, 0.2) is 6.07 Å². The molecule has 0 saturated heterocycles. The summed E-state index contributed by atoms with van der Waals surface area (Å²) < 4.78 is 7.36. The van der Waals surface area contributed by atoms with Crippen LogP contribution < -0.4 is 5.32 Å². The van der Waals surface area contributed by atoms with Gasteiger partial charge in [0.2, 0.25) is 5.91 Å². The average Bonchev–Trinajstić information content (AvgIpc) is 2.92. The van der Waals surface area contributed by atoms with Crippen LogP contribution in [0.4, 0.5) is 4.79 Å². The zero-order chi connectivity index (χ0) is 17.9. The van der Waals surface area contributed by atoms with E-state index in [0.29, 0.717) is 26.2 Å². The van der Waals surface area contributed by atoms with Crippen LogP contribution in [0.5, 0.6) is 0 Å². The Labute approximate surface area is 142 Å². The van der Waals surface area contributed by atoms with Gasteiger partial charge < -0.3 is 19.9 Å². The molecule has 3 amide bonds. The number of nitrogens with zero attached hydrogens (tertiary/aromatic N) is 4. The predicted molar refractivity (Wildman–Crippen MR) is 89.2 cm³/mol. The van der Waals surface area contributed by atoms with Crippen molar-refractivity contribution in [1.82, 2.24) is 24.9 Å². The highest BCUT2D eigenvalue weighted by atomic mass is 16.5. The molecule has 0 radical (unpaired) electrons. The minimum Gasteiger partial charge on any atom is -0.366 e. The van der Waals surface area contributed by atoms with Crippen LogP contribution in [0.2, 0.25) is 0 Å². The average molecular weight is 337 g/mol. The number of aromatic nitrogens is 2. The molecule has 8 heteroatoms. The maximum absolute atomic E-state index is 12.0. The smallest absolute Gasteiger partial charge is 0.319 e. The number of ether oxygens (including phenoxy) is 1. The topological polar surface area (TPSA) is 79.7 Å². The van der Waals surface area contributed by atoms with Crippen LogP contribution in [0.3, 0.4) is 0 Å². The lowest BCUT2D eigenvalue weighted by Crippen LogP contribution is -2.43. The van der Waals surface area contributed by atoms with Crippen molar-refractivity contribution >= 4 is 11.9 Å². The van der Waals surface area contributed by atoms with Crippen molar-refractivity contribution in [2.45, 2.75) is 52.6 Å². The van der Waals surface area contributed by atoms with Gasteiger partial charge in [-0.2, -0.15) is 5.10 Å². The van der Waals surface area contributed by atoms with Gasteiger partial charge in [-0.15, -0.1) is 0 Å². The molecular weight excluding hydrogens is 310 g/mol. The summed E-state index contributed by atoms with van der Waals surface area (Å²) in [4.78, 5) is 27.4. The van der Waals surface area contributed by atoms with E-state index in [1.165, 1.54) is 0 Å². The minimum absolute atomic E-state index is 0.00281. The maximum atomic E-state index is 12.0. The normalized spacial score (nSPS) is 15.2. The molecule has 8 nitrogen and oxygen atoms in total. The summed E-state index contributed by atoms with van der Waals surface area (Å²) in [6, 6.07) is 1.93. The molecular formula is C16H27N5O3. The number of hydrogen-bond acceptors (Lipinski definition) is 4. The zero-order valence-corrected chi connectivity index (χ0v) is 15.1. The Morgan fingerprint density at radius 2 is 2.04 bits per heavy atom. The Hall–Kier alpha value is -2.09. The fraction of sp³-hybridized carbons (Fsp3) is 0.688. The van der Waals surface area contributed by atoms with E-state index >= 15 is 0 Å². The molecule has 0 unspecified atom stereocenters. The molecule has 0 fully saturated rings. The number of carbonyl (C=O) groups excluding carboxylic acids is 2. The van der Waals surface area contributed by atoms with Crippen LogP contribution in [-0.2, 0) is 29.2 Å². The first-order valence-corrected chi connectivity index (χ1v) is 8.23. The number of rotatable bonds is 5. The molecule has 1 N–H and O–H groups in total. The van der Waals surface area contributed by atoms with Crippen LogP contribution in [0.1, 0.15) is 32.2 Å². The second-order valence-electron chi connectivity index (χ2n) is 6.49. The van der Waals surface area contributed by atoms with Gasteiger partial charge in [-0.1, -0.05) is 0 Å². The summed E-state index contributed by atoms with van der Waals surface area (Å²) in [5.74, 6) is -0.154. The lowest BCUT2D eigenvalue weighted by atomic mass is 10.3. The van der Waals surface area contributed by atoms with E-state index in [1.54, 1.807) is 30.8 Å². The summed E-state index contributed by atoms with van der Waals surface area (Å²) in [5.41, 5.74) is 1.77. The fourth-order valence-electron chi connectivity index (χ4n) is 2.65. The van der Waals surface area contributed by atoms with Crippen LogP contribution in [-0.4, -0.2) is 64.4 Å². The van der Waals surface area contributed by atoms with Crippen molar-refractivity contribution in [3.8, 4) is 0 Å². The molecule has 1 atom stereocenters. The van der Waals surface area contributed by atoms with E-state index < -0.39 is 6.10 Å². The van der Waals surface area contributed by atoms with Crippen molar-refractivity contribution in [3.63, 3.8) is 0 Å². The number of hydrogen-bond donors (Lipinski definition) is 1. The Morgan fingerprint density at radius 1 is 1.33 bits per heavy atom. The van der Waals surface area contributed by atoms with Crippen molar-refractivity contribution in [3.05, 3.63) is 17.5 Å². The number of nitrogens with one attached hydrogen (secondary N) is 1. The largest absolute Gasteiger partial charge is 0.366 e. The molecule has 2 rings (SSSR count). The predicted octanol–water partition coefficient (Wildman–Crippen LogP) is 0.810. The first kappa shape index (κ1) is 18.3. The Bertz CT molecular complexity index is 597. The van der Waals surface area contributed by atoms with Gasteiger partial charge in [0.05, 0.1) is 37.1 Å². The van der Waals surface area contributed by atoms with Gasteiger partial charge in [-0.05, 0) is 26.8 Å². The van der Waals surface area contributed by atoms with E-state index in [-0.39, 0.29) is 18.0 Å². The second-order valence-corrected chi connectivity index (χ2v) is 6.49. The third-order valence-corrected chi connectivity index (χ3v) is 3.79. The third-order valence-electron chi connectivity index (χ3n) is 3.79. The Kier molecular flexibility index (Phi) is 5.82. The van der Waals surface area contributed by atoms with Crippen molar-refractivity contribution in [2.75, 3.05) is 20.6 Å². The summed E-state index contributed by atoms with van der Waals surface area (Å²) >= 11 is 0. The molecule has 0 saturated carbocycles. The molecule has 1 aromatic rings. The fourth-order valence-corrected chi connectivity index (χ4v) is 2.65. The minimum atomic E-state index is -0.490. The second kappa shape index (κ2) is 7.65. The number of amides is 3. The van der Waals surface area contributed by atoms with Crippen molar-refractivity contribution in [2.24, 2.45) is 0 Å². The SMILES string of the molecule is CC(C)O[C@H](C)C(=O)NCc1cc2n(n1)CCN(C(=O)N(C)C)C2. The molecule has 0 aliphatic carbocycles. The molecule has 0 bridgehead atoms. The van der Waals surface area contributed by atoms with Gasteiger partial charge in [0.1, 0.15) is 6.10 Å². The van der Waals surface area contributed by atoms with Crippen molar-refractivity contribution in [1.29, 1.82) is 0 Å². The third kappa shape index (κ3) is 4.47. The molecule has 1 aliphatic rings. The standard InChI is InChI=1S/C16H27N5O3/c1-11(2)24-12(3)15(22)17-9-13-8-14-10-20(16(23)19(4)5)6-7-21(14)18-13/h8,11-12H,6-7,9-10H2,1-5H3,(H,17,22)/t12-/m1/s1. The highest BCUT2D eigenvalue weighted by Crippen LogP contribution is 2.14. The van der Waals surface area contributed by atoms with Gasteiger partial charge in [-0.25, -0.2) is 4.79 Å². The highest BCUT2D eigenvalue weighted by Gasteiger charge is 2.23. The maximum Gasteiger partial charge on any atom is 0.319 e. The van der Waals surface area contributed by atoms with E-state index in [0.717, 1.165) is 11.4 Å². The summed E-state index contributed by atoms with van der Waals surface area (Å²) in [6.45, 7) is 7.71. The van der Waals surface area contributed by atoms with Crippen molar-refractivity contribution < 1.29 is 14.3 Å². The number of urea groups is 1. The first-order valence-electron chi connectivity index (χ1n) is 8.23. The lowest BCUT2D eigenvalue weighted by Gasteiger charge is -2.29. The quantitative estimate of drug-likeness (QED) is 0.862. The van der Waals surface area contributed by atoms with E-state index in [9.17, 15) is 9.59 Å². The molecule has 1 aliphatic heterocycles. The van der Waals surface area contributed by atoms with Gasteiger partial charge in [0.25, 0.3) is 0 Å². The Morgan fingerprint density at radius 3 is 2.67 bits per heavy atom. The van der Waals surface area contributed by atoms with E-state index in [1.807, 2.05) is 24.6 Å². The molecule has 1 aromatic heterocycles. The van der Waals surface area contributed by atoms with Crippen LogP contribution in [0, 0.1) is 0 Å². The molecule has 24 heavy (non-hydrogen) atoms. The van der Waals surface area contributed by atoms with E-state index in [4.69, 9.17) is 4.74 Å². The highest BCUT2D eigenvalue weighted by molar-refractivity contribution is 5.80. The molecule has 134 valence electrons. The van der Waals surface area contributed by atoms with Gasteiger partial charge in [-0.3, -0.25) is 9.48 Å². The molecule has 0 spiro atoms. The molecule has 2 heterocycles. The lowest BCUT2D eigenvalue weighted by molar-refractivity contribution is -0.134. The molecule has 0 aromatic carbocycles. The summed E-state index contributed by atoms with van der Waals surface area (Å²) in [7, 11) is 3.49. The van der Waals surface area contributed by atoms with E-state index in [2.05, 4.69) is 10.4 Å². The monoisotopic (exact) mass is 337 g/mol. The summed E-state index contributed by atoms with van der Waals surface area (Å²) in [5, 5.41) is 7.33. The zero-order valence-electron chi connectivity index (χ0n) is 15.1. The van der Waals surface area contributed by atoms with Gasteiger partial charge >= 0.3 is 6.03 Å². The number of fused-ring (bicyclic) bond motifs is 1. The first-order chi connectivity index (χ1) is 11.3. The number of carbonyl (C=O) groups is 2. The van der Waals surface area contributed by atoms with Crippen LogP contribution in [0.25, 0.3) is 0 Å².